The van der Waals surface area contributed by atoms with E-state index in [1.165, 1.54) is 6.20 Å². The summed E-state index contributed by atoms with van der Waals surface area (Å²) in [7, 11) is 0. The van der Waals surface area contributed by atoms with Gasteiger partial charge in [0.1, 0.15) is 0 Å². The number of hydrogen-bond acceptors (Lipinski definition) is 3. The predicted octanol–water partition coefficient (Wildman–Crippen LogP) is 2.37. The molecule has 0 spiro atoms. The molecule has 0 aliphatic heterocycles. The minimum atomic E-state index is -0.879. The van der Waals surface area contributed by atoms with E-state index in [0.29, 0.717) is 17.1 Å². The number of aliphatic carboxylic acids is 1. The van der Waals surface area contributed by atoms with Gasteiger partial charge in [0.15, 0.2) is 0 Å². The van der Waals surface area contributed by atoms with Gasteiger partial charge in [-0.15, -0.1) is 0 Å². The fraction of sp³-hybridized carbons (Fsp3) is 0.267. The van der Waals surface area contributed by atoms with E-state index in [1.807, 2.05) is 6.07 Å². The van der Waals surface area contributed by atoms with Crippen LogP contribution in [0.4, 0.5) is 0 Å². The molecule has 0 saturated heterocycles. The molecular weight excluding hydrogens is 306 g/mol. The van der Waals surface area contributed by atoms with Gasteiger partial charge in [-0.05, 0) is 24.1 Å². The zero-order valence-corrected chi connectivity index (χ0v) is 12.7. The topological polar surface area (TPSA) is 84.2 Å². The van der Waals surface area contributed by atoms with Crippen molar-refractivity contribution >= 4 is 23.5 Å². The van der Waals surface area contributed by atoms with Gasteiger partial charge in [-0.1, -0.05) is 24.6 Å². The first-order valence-electron chi connectivity index (χ1n) is 6.76. The van der Waals surface area contributed by atoms with Crippen molar-refractivity contribution in [1.29, 1.82) is 0 Å². The highest BCUT2D eigenvalue weighted by Crippen LogP contribution is 2.14. The third-order valence-corrected chi connectivity index (χ3v) is 3.29. The smallest absolute Gasteiger partial charge is 0.303 e. The molecule has 2 rings (SSSR count). The summed E-state index contributed by atoms with van der Waals surface area (Å²) in [5, 5.41) is 16.1. The minimum Gasteiger partial charge on any atom is -0.481 e. The highest BCUT2D eigenvalue weighted by atomic mass is 35.5. The molecule has 1 aromatic carbocycles. The van der Waals surface area contributed by atoms with Crippen LogP contribution in [0.25, 0.3) is 5.69 Å². The van der Waals surface area contributed by atoms with Crippen LogP contribution in [-0.2, 0) is 4.79 Å². The van der Waals surface area contributed by atoms with E-state index in [2.05, 4.69) is 10.4 Å². The highest BCUT2D eigenvalue weighted by molar-refractivity contribution is 6.30. The molecule has 0 fully saturated rings. The number of carbonyl (C=O) groups excluding carboxylic acids is 1. The first-order chi connectivity index (χ1) is 10.5. The van der Waals surface area contributed by atoms with Gasteiger partial charge in [-0.3, -0.25) is 9.59 Å². The summed E-state index contributed by atoms with van der Waals surface area (Å²) in [5.41, 5.74) is 1.16. The lowest BCUT2D eigenvalue weighted by atomic mass is 10.1. The van der Waals surface area contributed by atoms with Gasteiger partial charge in [0, 0.05) is 24.2 Å². The van der Waals surface area contributed by atoms with Crippen molar-refractivity contribution in [2.45, 2.75) is 13.3 Å². The van der Waals surface area contributed by atoms with Crippen LogP contribution in [0.1, 0.15) is 23.7 Å². The summed E-state index contributed by atoms with van der Waals surface area (Å²) in [6.45, 7) is 2.07. The number of halogens is 1. The number of carboxylic acid groups (broad SMARTS) is 1. The summed E-state index contributed by atoms with van der Waals surface area (Å²) in [6.07, 6.45) is 3.07. The summed E-state index contributed by atoms with van der Waals surface area (Å²) in [5.74, 6) is -1.30. The molecule has 1 heterocycles. The standard InChI is InChI=1S/C15H16ClN3O3/c1-10(5-14(20)21)7-17-15(22)11-8-18-19(9-11)13-4-2-3-12(16)6-13/h2-4,6,8-10H,5,7H2,1H3,(H,17,22)(H,20,21). The largest absolute Gasteiger partial charge is 0.481 e. The SMILES string of the molecule is CC(CNC(=O)c1cnn(-c2cccc(Cl)c2)c1)CC(=O)O. The molecule has 22 heavy (non-hydrogen) atoms. The molecule has 0 aliphatic rings. The zero-order chi connectivity index (χ0) is 16.1. The Labute approximate surface area is 132 Å². The number of nitrogens with one attached hydrogen (secondary N) is 1. The maximum atomic E-state index is 12.0. The second-order valence-corrected chi connectivity index (χ2v) is 5.50. The molecule has 0 bridgehead atoms. The second kappa shape index (κ2) is 7.09. The molecule has 1 amide bonds. The fourth-order valence-corrected chi connectivity index (χ4v) is 2.12. The van der Waals surface area contributed by atoms with Crippen LogP contribution in [0.5, 0.6) is 0 Å². The molecular formula is C15H16ClN3O3. The molecule has 0 radical (unpaired) electrons. The number of aromatic nitrogens is 2. The average Bonchev–Trinajstić information content (AvgIpc) is 2.94. The maximum absolute atomic E-state index is 12.0. The average molecular weight is 322 g/mol. The monoisotopic (exact) mass is 321 g/mol. The molecule has 0 aliphatic carbocycles. The van der Waals surface area contributed by atoms with E-state index in [0.717, 1.165) is 5.69 Å². The van der Waals surface area contributed by atoms with Crippen molar-refractivity contribution in [3.63, 3.8) is 0 Å². The van der Waals surface area contributed by atoms with Gasteiger partial charge < -0.3 is 10.4 Å². The summed E-state index contributed by atoms with van der Waals surface area (Å²) < 4.78 is 1.56. The van der Waals surface area contributed by atoms with Crippen LogP contribution in [0, 0.1) is 5.92 Å². The number of hydrogen-bond donors (Lipinski definition) is 2. The molecule has 6 nitrogen and oxygen atoms in total. The van der Waals surface area contributed by atoms with Crippen molar-refractivity contribution in [2.75, 3.05) is 6.54 Å². The van der Waals surface area contributed by atoms with Crippen LogP contribution in [-0.4, -0.2) is 33.3 Å². The highest BCUT2D eigenvalue weighted by Gasteiger charge is 2.12. The lowest BCUT2D eigenvalue weighted by Crippen LogP contribution is -2.28. The van der Waals surface area contributed by atoms with Crippen molar-refractivity contribution < 1.29 is 14.7 Å². The van der Waals surface area contributed by atoms with Gasteiger partial charge in [0.25, 0.3) is 5.91 Å². The number of nitrogens with zero attached hydrogens (tertiary/aromatic N) is 2. The third kappa shape index (κ3) is 4.33. The molecule has 1 aromatic heterocycles. The Balaban J connectivity index is 1.99. The number of carbonyl (C=O) groups is 2. The first kappa shape index (κ1) is 16.0. The minimum absolute atomic E-state index is 0.0159. The van der Waals surface area contributed by atoms with Crippen LogP contribution in [0.15, 0.2) is 36.7 Å². The Hall–Kier alpha value is -2.34. The number of benzene rings is 1. The van der Waals surface area contributed by atoms with Gasteiger partial charge >= 0.3 is 5.97 Å². The first-order valence-corrected chi connectivity index (χ1v) is 7.14. The molecule has 2 aromatic rings. The van der Waals surface area contributed by atoms with E-state index >= 15 is 0 Å². The summed E-state index contributed by atoms with van der Waals surface area (Å²) in [6, 6.07) is 7.12. The van der Waals surface area contributed by atoms with E-state index in [4.69, 9.17) is 16.7 Å². The number of amides is 1. The lowest BCUT2D eigenvalue weighted by molar-refractivity contribution is -0.137. The fourth-order valence-electron chi connectivity index (χ4n) is 1.94. The second-order valence-electron chi connectivity index (χ2n) is 5.07. The Kier molecular flexibility index (Phi) is 5.16. The maximum Gasteiger partial charge on any atom is 0.303 e. The Bertz CT molecular complexity index is 684. The summed E-state index contributed by atoms with van der Waals surface area (Å²) in [4.78, 5) is 22.6. The van der Waals surface area contributed by atoms with E-state index in [9.17, 15) is 9.59 Å². The Morgan fingerprint density at radius 1 is 1.45 bits per heavy atom. The Morgan fingerprint density at radius 2 is 2.23 bits per heavy atom. The lowest BCUT2D eigenvalue weighted by Gasteiger charge is -2.09. The molecule has 116 valence electrons. The van der Waals surface area contributed by atoms with Crippen LogP contribution < -0.4 is 5.32 Å². The van der Waals surface area contributed by atoms with Crippen LogP contribution in [0.3, 0.4) is 0 Å². The van der Waals surface area contributed by atoms with Gasteiger partial charge in [0.05, 0.1) is 17.4 Å². The van der Waals surface area contributed by atoms with Crippen molar-refractivity contribution in [3.05, 3.63) is 47.2 Å². The zero-order valence-electron chi connectivity index (χ0n) is 12.0. The molecule has 7 heteroatoms. The molecule has 2 N–H and O–H groups in total. The molecule has 1 atom stereocenters. The van der Waals surface area contributed by atoms with Crippen molar-refractivity contribution in [1.82, 2.24) is 15.1 Å². The Morgan fingerprint density at radius 3 is 2.91 bits per heavy atom. The molecule has 0 saturated carbocycles. The van der Waals surface area contributed by atoms with Gasteiger partial charge in [-0.25, -0.2) is 4.68 Å². The van der Waals surface area contributed by atoms with Crippen molar-refractivity contribution in [3.8, 4) is 5.69 Å². The van der Waals surface area contributed by atoms with Gasteiger partial charge in [-0.2, -0.15) is 5.10 Å². The van der Waals surface area contributed by atoms with E-state index < -0.39 is 5.97 Å². The van der Waals surface area contributed by atoms with Gasteiger partial charge in [0.2, 0.25) is 0 Å². The van der Waals surface area contributed by atoms with Crippen LogP contribution >= 0.6 is 11.6 Å². The number of carboxylic acids is 1. The normalized spacial score (nSPS) is 11.9. The number of rotatable bonds is 6. The van der Waals surface area contributed by atoms with Crippen molar-refractivity contribution in [2.24, 2.45) is 5.92 Å². The van der Waals surface area contributed by atoms with Crippen LogP contribution in [0.2, 0.25) is 5.02 Å². The summed E-state index contributed by atoms with van der Waals surface area (Å²) >= 11 is 5.92. The van der Waals surface area contributed by atoms with E-state index in [-0.39, 0.29) is 18.2 Å². The third-order valence-electron chi connectivity index (χ3n) is 3.05. The van der Waals surface area contributed by atoms with E-state index in [1.54, 1.807) is 36.0 Å². The predicted molar refractivity (Wildman–Crippen MR) is 82.3 cm³/mol. The quantitative estimate of drug-likeness (QED) is 0.855. The molecule has 1 unspecified atom stereocenters.